The molecule has 4 heteroatoms. The van der Waals surface area contributed by atoms with E-state index in [0.717, 1.165) is 63.6 Å². The summed E-state index contributed by atoms with van der Waals surface area (Å²) in [5.41, 5.74) is 12.1. The minimum Gasteiger partial charge on any atom is -0.278 e. The van der Waals surface area contributed by atoms with Gasteiger partial charge in [-0.3, -0.25) is 4.57 Å². The van der Waals surface area contributed by atoms with E-state index in [9.17, 15) is 0 Å². The van der Waals surface area contributed by atoms with Gasteiger partial charge in [-0.15, -0.1) is 0 Å². The van der Waals surface area contributed by atoms with Gasteiger partial charge in [0.15, 0.2) is 11.6 Å². The van der Waals surface area contributed by atoms with Crippen LogP contribution in [0.4, 0.5) is 0 Å². The topological polar surface area (TPSA) is 43.6 Å². The van der Waals surface area contributed by atoms with Crippen LogP contribution in [0.3, 0.4) is 0 Å². The second-order valence-corrected chi connectivity index (χ2v) is 23.9. The third kappa shape index (κ3) is 6.91. The molecule has 67 heavy (non-hydrogen) atoms. The Kier molecular flexibility index (Phi) is 10.5. The fourth-order valence-corrected chi connectivity index (χ4v) is 16.2. The molecule has 0 amide bonds. The van der Waals surface area contributed by atoms with E-state index in [1.807, 2.05) is 0 Å². The van der Waals surface area contributed by atoms with Gasteiger partial charge in [0.2, 0.25) is 5.95 Å². The van der Waals surface area contributed by atoms with Crippen LogP contribution >= 0.6 is 0 Å². The molecule has 0 aliphatic heterocycles. The molecular weight excluding hydrogens is 813 g/mol. The van der Waals surface area contributed by atoms with Crippen LogP contribution in [0.2, 0.25) is 0 Å². The van der Waals surface area contributed by atoms with Crippen LogP contribution in [0.5, 0.6) is 0 Å². The van der Waals surface area contributed by atoms with Crippen LogP contribution in [-0.2, 0) is 5.41 Å². The maximum absolute atomic E-state index is 5.38. The molecule has 4 saturated carbocycles. The van der Waals surface area contributed by atoms with Crippen LogP contribution in [0.1, 0.15) is 148 Å². The molecule has 4 nitrogen and oxygen atoms in total. The summed E-state index contributed by atoms with van der Waals surface area (Å²) in [7, 11) is 0. The molecule has 4 fully saturated rings. The Balaban J connectivity index is 0.835. The van der Waals surface area contributed by atoms with Gasteiger partial charge in [-0.2, -0.15) is 9.97 Å². The maximum atomic E-state index is 5.38. The summed E-state index contributed by atoms with van der Waals surface area (Å²) in [5.74, 6) is 8.96. The first-order chi connectivity index (χ1) is 32.4. The second kappa shape index (κ2) is 16.3. The molecule has 5 aliphatic rings. The standard InChI is InChI=1S/C63H72N4/c1-39(2)16-15-17-40(3)51-30-31-53-48-29-28-45-36-44(32-34-62(45,6)54(48)33-35-63(51,53)7)41-24-26-43(27-25-41)59-64-58(42-18-9-8-10-19-42)65-60(66-59)67-56-23-14-12-21-47(56)50-37-55-49(38-57(50)67)46-20-11-13-22-52(46)61(55,4)5/h8-14,18-27,37-40,44-45,48,51,53-54H,15-17,28-36H2,1-7H3/t40-,44?,45?,48?,51?,53?,54?,62?,63?/m1/s1. The number of benzene rings is 5. The third-order valence-corrected chi connectivity index (χ3v) is 19.7. The van der Waals surface area contributed by atoms with Crippen LogP contribution < -0.4 is 0 Å². The predicted octanol–water partition coefficient (Wildman–Crippen LogP) is 16.8. The zero-order chi connectivity index (χ0) is 45.8. The monoisotopic (exact) mass is 885 g/mol. The van der Waals surface area contributed by atoms with Crippen molar-refractivity contribution in [1.82, 2.24) is 19.5 Å². The molecule has 7 aromatic rings. The molecule has 0 radical (unpaired) electrons. The van der Waals surface area contributed by atoms with Crippen LogP contribution in [0, 0.1) is 52.3 Å². The van der Waals surface area contributed by atoms with Crippen molar-refractivity contribution in [1.29, 1.82) is 0 Å². The molecule has 0 bridgehead atoms. The van der Waals surface area contributed by atoms with Gasteiger partial charge in [0, 0.05) is 27.3 Å². The van der Waals surface area contributed by atoms with Gasteiger partial charge in [-0.1, -0.05) is 165 Å². The molecule has 344 valence electrons. The van der Waals surface area contributed by atoms with E-state index >= 15 is 0 Å². The number of fused-ring (bicyclic) bond motifs is 11. The number of para-hydroxylation sites is 1. The third-order valence-electron chi connectivity index (χ3n) is 19.7. The number of hydrogen-bond donors (Lipinski definition) is 0. The molecule has 9 atom stereocenters. The fourth-order valence-electron chi connectivity index (χ4n) is 16.2. The van der Waals surface area contributed by atoms with Crippen molar-refractivity contribution in [3.63, 3.8) is 0 Å². The maximum Gasteiger partial charge on any atom is 0.238 e. The van der Waals surface area contributed by atoms with E-state index in [1.54, 1.807) is 0 Å². The summed E-state index contributed by atoms with van der Waals surface area (Å²) < 4.78 is 2.28. The molecule has 0 spiro atoms. The first-order valence-corrected chi connectivity index (χ1v) is 26.5. The van der Waals surface area contributed by atoms with E-state index in [0.29, 0.717) is 34.3 Å². The van der Waals surface area contributed by atoms with Crippen molar-refractivity contribution in [3.8, 4) is 39.9 Å². The smallest absolute Gasteiger partial charge is 0.238 e. The Hall–Kier alpha value is -5.09. The van der Waals surface area contributed by atoms with Crippen molar-refractivity contribution in [3.05, 3.63) is 132 Å². The average molecular weight is 885 g/mol. The molecule has 0 N–H and O–H groups in total. The van der Waals surface area contributed by atoms with Gasteiger partial charge in [0.1, 0.15) is 0 Å². The number of nitrogens with zero attached hydrogens (tertiary/aromatic N) is 4. The molecule has 2 aromatic heterocycles. The minimum atomic E-state index is -0.0874. The quantitative estimate of drug-likeness (QED) is 0.145. The number of hydrogen-bond acceptors (Lipinski definition) is 3. The van der Waals surface area contributed by atoms with Crippen molar-refractivity contribution in [2.24, 2.45) is 52.3 Å². The number of rotatable bonds is 9. The number of aromatic nitrogens is 4. The molecular formula is C63H72N4. The first-order valence-electron chi connectivity index (χ1n) is 26.5. The zero-order valence-electron chi connectivity index (χ0n) is 41.4. The van der Waals surface area contributed by atoms with Crippen LogP contribution in [0.25, 0.3) is 61.7 Å². The second-order valence-electron chi connectivity index (χ2n) is 23.9. The summed E-state index contributed by atoms with van der Waals surface area (Å²) in [6, 6.07) is 42.4. The van der Waals surface area contributed by atoms with Crippen molar-refractivity contribution >= 4 is 21.8 Å². The lowest BCUT2D eigenvalue weighted by molar-refractivity contribution is -0.117. The summed E-state index contributed by atoms with van der Waals surface area (Å²) in [6.45, 7) is 17.6. The van der Waals surface area contributed by atoms with Crippen molar-refractivity contribution < 1.29 is 0 Å². The Morgan fingerprint density at radius 1 is 0.582 bits per heavy atom. The van der Waals surface area contributed by atoms with Crippen molar-refractivity contribution in [2.75, 3.05) is 0 Å². The zero-order valence-corrected chi connectivity index (χ0v) is 41.4. The summed E-state index contributed by atoms with van der Waals surface area (Å²) in [5, 5.41) is 2.44. The summed E-state index contributed by atoms with van der Waals surface area (Å²) >= 11 is 0. The molecule has 0 saturated heterocycles. The van der Waals surface area contributed by atoms with E-state index in [1.165, 1.54) is 116 Å². The van der Waals surface area contributed by atoms with Crippen LogP contribution in [-0.4, -0.2) is 19.5 Å². The summed E-state index contributed by atoms with van der Waals surface area (Å²) in [4.78, 5) is 15.9. The molecule has 8 unspecified atom stereocenters. The Morgan fingerprint density at radius 3 is 2.07 bits per heavy atom. The highest BCUT2D eigenvalue weighted by molar-refractivity contribution is 6.11. The molecule has 12 rings (SSSR count). The normalized spacial score (nSPS) is 28.8. The van der Waals surface area contributed by atoms with Gasteiger partial charge < -0.3 is 0 Å². The lowest BCUT2D eigenvalue weighted by Gasteiger charge is -2.61. The lowest BCUT2D eigenvalue weighted by atomic mass is 9.43. The van der Waals surface area contributed by atoms with E-state index < -0.39 is 0 Å². The van der Waals surface area contributed by atoms with Gasteiger partial charge in [-0.25, -0.2) is 4.98 Å². The Morgan fingerprint density at radius 2 is 1.28 bits per heavy atom. The summed E-state index contributed by atoms with van der Waals surface area (Å²) in [6.07, 6.45) is 17.1. The molecule has 5 aromatic carbocycles. The van der Waals surface area contributed by atoms with E-state index in [4.69, 9.17) is 15.0 Å². The van der Waals surface area contributed by atoms with Gasteiger partial charge in [0.05, 0.1) is 11.0 Å². The highest BCUT2D eigenvalue weighted by Crippen LogP contribution is 2.69. The highest BCUT2D eigenvalue weighted by Gasteiger charge is 2.60. The minimum absolute atomic E-state index is 0.0874. The predicted molar refractivity (Wildman–Crippen MR) is 278 cm³/mol. The SMILES string of the molecule is CC(C)CCC[C@@H](C)C1CCC2C3CCC4CC(c5ccc(-c6nc(-c7ccccc7)nc(-n7c8ccccc8c8cc9c(cc87)-c7ccccc7C9(C)C)n6)cc5)CCC4(C)C3CCC21C. The van der Waals surface area contributed by atoms with E-state index in [2.05, 4.69) is 168 Å². The van der Waals surface area contributed by atoms with E-state index in [-0.39, 0.29) is 5.41 Å². The Labute approximate surface area is 400 Å². The first kappa shape index (κ1) is 43.2. The average Bonchev–Trinajstić information content (AvgIpc) is 3.95. The van der Waals surface area contributed by atoms with Gasteiger partial charge >= 0.3 is 0 Å². The van der Waals surface area contributed by atoms with Crippen LogP contribution in [0.15, 0.2) is 115 Å². The van der Waals surface area contributed by atoms with Crippen molar-refractivity contribution in [2.45, 2.75) is 137 Å². The molecule has 2 heterocycles. The molecule has 5 aliphatic carbocycles. The largest absolute Gasteiger partial charge is 0.278 e. The lowest BCUT2D eigenvalue weighted by Crippen LogP contribution is -2.53. The highest BCUT2D eigenvalue weighted by atomic mass is 15.2. The van der Waals surface area contributed by atoms with Gasteiger partial charge in [0.25, 0.3) is 0 Å². The Bertz CT molecular complexity index is 2980. The fraction of sp³-hybridized carbons (Fsp3) is 0.476. The van der Waals surface area contributed by atoms with Gasteiger partial charge in [-0.05, 0) is 162 Å².